The molecule has 1 saturated carbocycles. The van der Waals surface area contributed by atoms with Crippen LogP contribution in [0.15, 0.2) is 18.3 Å². The standard InChI is InChI=1S/C23H34N4O2/c1-17-5-3-11-24-21(17)16-25(2)22(28)19-6-4-12-27(15-19)20-9-13-26(14-10-20)23(29)18-7-8-18/h3,5,11,18-20H,4,6-10,12-16H2,1-2H3. The SMILES string of the molecule is Cc1cccnc1CN(C)C(=O)C1CCCN(C2CCN(C(=O)C3CC3)CC2)C1. The molecule has 0 spiro atoms. The molecule has 6 heteroatoms. The van der Waals surface area contributed by atoms with Crippen LogP contribution < -0.4 is 0 Å². The summed E-state index contributed by atoms with van der Waals surface area (Å²) in [7, 11) is 1.90. The first-order valence-corrected chi connectivity index (χ1v) is 11.2. The number of pyridine rings is 1. The molecular formula is C23H34N4O2. The molecule has 4 rings (SSSR count). The molecule has 1 aromatic heterocycles. The molecule has 2 saturated heterocycles. The third-order valence-electron chi connectivity index (χ3n) is 6.90. The molecule has 1 aliphatic carbocycles. The average Bonchev–Trinajstić information content (AvgIpc) is 3.60. The molecule has 3 heterocycles. The number of amides is 2. The number of nitrogens with zero attached hydrogens (tertiary/aromatic N) is 4. The van der Waals surface area contributed by atoms with Gasteiger partial charge in [-0.3, -0.25) is 19.5 Å². The van der Waals surface area contributed by atoms with Crippen LogP contribution in [0.2, 0.25) is 0 Å². The number of rotatable bonds is 5. The van der Waals surface area contributed by atoms with E-state index in [1.165, 1.54) is 0 Å². The summed E-state index contributed by atoms with van der Waals surface area (Å²) in [5, 5.41) is 0. The Morgan fingerprint density at radius 1 is 1.10 bits per heavy atom. The summed E-state index contributed by atoms with van der Waals surface area (Å²) in [6.45, 7) is 6.31. The van der Waals surface area contributed by atoms with E-state index >= 15 is 0 Å². The zero-order chi connectivity index (χ0) is 20.4. The van der Waals surface area contributed by atoms with Crippen LogP contribution >= 0.6 is 0 Å². The molecule has 1 atom stereocenters. The lowest BCUT2D eigenvalue weighted by atomic mass is 9.92. The third kappa shape index (κ3) is 4.80. The van der Waals surface area contributed by atoms with E-state index in [1.807, 2.05) is 31.0 Å². The highest BCUT2D eigenvalue weighted by Gasteiger charge is 2.37. The van der Waals surface area contributed by atoms with E-state index in [0.29, 0.717) is 24.4 Å². The van der Waals surface area contributed by atoms with Gasteiger partial charge in [-0.1, -0.05) is 6.07 Å². The maximum atomic E-state index is 13.1. The largest absolute Gasteiger partial charge is 0.342 e. The van der Waals surface area contributed by atoms with Gasteiger partial charge in [0.15, 0.2) is 0 Å². The Morgan fingerprint density at radius 3 is 2.55 bits per heavy atom. The Labute approximate surface area is 174 Å². The molecule has 0 aromatic carbocycles. The fraction of sp³-hybridized carbons (Fsp3) is 0.696. The van der Waals surface area contributed by atoms with Crippen LogP contribution in [0.25, 0.3) is 0 Å². The summed E-state index contributed by atoms with van der Waals surface area (Å²) < 4.78 is 0. The van der Waals surface area contributed by atoms with E-state index in [9.17, 15) is 9.59 Å². The summed E-state index contributed by atoms with van der Waals surface area (Å²) in [4.78, 5) is 36.2. The molecular weight excluding hydrogens is 364 g/mol. The fourth-order valence-electron chi connectivity index (χ4n) is 4.88. The number of hydrogen-bond donors (Lipinski definition) is 0. The molecule has 3 aliphatic rings. The first kappa shape index (κ1) is 20.3. The number of aryl methyl sites for hydroxylation is 1. The first-order valence-electron chi connectivity index (χ1n) is 11.2. The summed E-state index contributed by atoms with van der Waals surface area (Å²) >= 11 is 0. The number of carbonyl (C=O) groups excluding carboxylic acids is 2. The second-order valence-electron chi connectivity index (χ2n) is 9.13. The van der Waals surface area contributed by atoms with E-state index in [0.717, 1.165) is 76.0 Å². The minimum Gasteiger partial charge on any atom is -0.342 e. The van der Waals surface area contributed by atoms with E-state index < -0.39 is 0 Å². The highest BCUT2D eigenvalue weighted by atomic mass is 16.2. The van der Waals surface area contributed by atoms with E-state index in [4.69, 9.17) is 0 Å². The Bertz CT molecular complexity index is 740. The topological polar surface area (TPSA) is 56.8 Å². The Morgan fingerprint density at radius 2 is 1.86 bits per heavy atom. The lowest BCUT2D eigenvalue weighted by Crippen LogP contribution is -2.51. The van der Waals surface area contributed by atoms with Crippen LogP contribution in [0, 0.1) is 18.8 Å². The molecule has 1 aromatic rings. The van der Waals surface area contributed by atoms with Gasteiger partial charge in [0.2, 0.25) is 11.8 Å². The van der Waals surface area contributed by atoms with Gasteiger partial charge < -0.3 is 9.80 Å². The molecule has 0 radical (unpaired) electrons. The zero-order valence-corrected chi connectivity index (χ0v) is 17.8. The summed E-state index contributed by atoms with van der Waals surface area (Å²) in [6.07, 6.45) is 8.10. The lowest BCUT2D eigenvalue weighted by molar-refractivity contribution is -0.137. The van der Waals surface area contributed by atoms with Crippen molar-refractivity contribution in [1.82, 2.24) is 19.7 Å². The highest BCUT2D eigenvalue weighted by molar-refractivity contribution is 5.81. The maximum absolute atomic E-state index is 13.1. The van der Waals surface area contributed by atoms with Gasteiger partial charge in [0, 0.05) is 44.8 Å². The van der Waals surface area contributed by atoms with Gasteiger partial charge in [-0.2, -0.15) is 0 Å². The van der Waals surface area contributed by atoms with Gasteiger partial charge in [0.05, 0.1) is 18.2 Å². The van der Waals surface area contributed by atoms with Crippen LogP contribution in [0.5, 0.6) is 0 Å². The molecule has 6 nitrogen and oxygen atoms in total. The molecule has 2 amide bonds. The van der Waals surface area contributed by atoms with E-state index in [1.54, 1.807) is 6.20 Å². The van der Waals surface area contributed by atoms with Crippen molar-refractivity contribution >= 4 is 11.8 Å². The van der Waals surface area contributed by atoms with Gasteiger partial charge >= 0.3 is 0 Å². The Kier molecular flexibility index (Phi) is 6.18. The monoisotopic (exact) mass is 398 g/mol. The van der Waals surface area contributed by atoms with Crippen molar-refractivity contribution < 1.29 is 9.59 Å². The maximum Gasteiger partial charge on any atom is 0.227 e. The normalized spacial score (nSPS) is 23.8. The highest BCUT2D eigenvalue weighted by Crippen LogP contribution is 2.33. The number of aromatic nitrogens is 1. The van der Waals surface area contributed by atoms with Crippen molar-refractivity contribution in [2.24, 2.45) is 11.8 Å². The minimum absolute atomic E-state index is 0.0730. The van der Waals surface area contributed by atoms with Crippen LogP contribution in [-0.4, -0.2) is 70.8 Å². The number of carbonyl (C=O) groups is 2. The summed E-state index contributed by atoms with van der Waals surface area (Å²) in [5.41, 5.74) is 2.11. The average molecular weight is 399 g/mol. The van der Waals surface area contributed by atoms with Crippen molar-refractivity contribution in [1.29, 1.82) is 0 Å². The van der Waals surface area contributed by atoms with Crippen LogP contribution in [0.4, 0.5) is 0 Å². The second kappa shape index (κ2) is 8.82. The first-order chi connectivity index (χ1) is 14.0. The molecule has 1 unspecified atom stereocenters. The Balaban J connectivity index is 1.29. The van der Waals surface area contributed by atoms with Gasteiger partial charge in [0.1, 0.15) is 0 Å². The van der Waals surface area contributed by atoms with Gasteiger partial charge in [-0.15, -0.1) is 0 Å². The molecule has 0 N–H and O–H groups in total. The van der Waals surface area contributed by atoms with Gasteiger partial charge in [-0.05, 0) is 63.6 Å². The molecule has 2 aliphatic heterocycles. The van der Waals surface area contributed by atoms with Gasteiger partial charge in [0.25, 0.3) is 0 Å². The van der Waals surface area contributed by atoms with Crippen LogP contribution in [0.3, 0.4) is 0 Å². The van der Waals surface area contributed by atoms with Crippen molar-refractivity contribution in [3.05, 3.63) is 29.6 Å². The second-order valence-corrected chi connectivity index (χ2v) is 9.13. The minimum atomic E-state index is 0.0730. The third-order valence-corrected chi connectivity index (χ3v) is 6.90. The summed E-state index contributed by atoms with van der Waals surface area (Å²) in [6, 6.07) is 4.49. The number of hydrogen-bond acceptors (Lipinski definition) is 4. The van der Waals surface area contributed by atoms with E-state index in [2.05, 4.69) is 14.8 Å². The smallest absolute Gasteiger partial charge is 0.227 e. The number of likely N-dealkylation sites (tertiary alicyclic amines) is 2. The van der Waals surface area contributed by atoms with Crippen molar-refractivity contribution in [3.63, 3.8) is 0 Å². The van der Waals surface area contributed by atoms with Crippen LogP contribution in [-0.2, 0) is 16.1 Å². The lowest BCUT2D eigenvalue weighted by Gasteiger charge is -2.42. The van der Waals surface area contributed by atoms with Crippen molar-refractivity contribution in [2.45, 2.75) is 58.0 Å². The van der Waals surface area contributed by atoms with Gasteiger partial charge in [-0.25, -0.2) is 0 Å². The zero-order valence-electron chi connectivity index (χ0n) is 17.8. The molecule has 158 valence electrons. The Hall–Kier alpha value is -1.95. The molecule has 0 bridgehead atoms. The predicted molar refractivity (Wildman–Crippen MR) is 112 cm³/mol. The van der Waals surface area contributed by atoms with Crippen molar-refractivity contribution in [2.75, 3.05) is 33.2 Å². The van der Waals surface area contributed by atoms with Crippen molar-refractivity contribution in [3.8, 4) is 0 Å². The summed E-state index contributed by atoms with van der Waals surface area (Å²) in [5.74, 6) is 1.01. The molecule has 3 fully saturated rings. The molecule has 29 heavy (non-hydrogen) atoms. The fourth-order valence-corrected chi connectivity index (χ4v) is 4.88. The quantitative estimate of drug-likeness (QED) is 0.765. The van der Waals surface area contributed by atoms with E-state index in [-0.39, 0.29) is 11.8 Å². The number of piperidine rings is 2. The predicted octanol–water partition coefficient (Wildman–Crippen LogP) is 2.46. The van der Waals surface area contributed by atoms with Crippen LogP contribution in [0.1, 0.15) is 49.8 Å².